The van der Waals surface area contributed by atoms with Crippen molar-refractivity contribution < 1.29 is 4.79 Å². The molecule has 3 N–H and O–H groups in total. The third kappa shape index (κ3) is 7.49. The van der Waals surface area contributed by atoms with E-state index in [-0.39, 0.29) is 11.9 Å². The molecule has 0 fully saturated rings. The molecule has 158 valence electrons. The van der Waals surface area contributed by atoms with Crippen LogP contribution in [-0.4, -0.2) is 29.4 Å². The Morgan fingerprint density at radius 3 is 2.66 bits per heavy atom. The first-order chi connectivity index (χ1) is 13.9. The van der Waals surface area contributed by atoms with Crippen molar-refractivity contribution in [1.82, 2.24) is 20.9 Å². The maximum atomic E-state index is 12.3. The van der Waals surface area contributed by atoms with Gasteiger partial charge in [-0.3, -0.25) is 4.79 Å². The minimum absolute atomic E-state index is 0.0417. The summed E-state index contributed by atoms with van der Waals surface area (Å²) in [5.74, 6) is 1.13. The quantitative estimate of drug-likeness (QED) is 0.426. The second-order valence-corrected chi connectivity index (χ2v) is 8.30. The van der Waals surface area contributed by atoms with Crippen molar-refractivity contribution in [1.29, 1.82) is 0 Å². The lowest BCUT2D eigenvalue weighted by molar-refractivity contribution is 0.0939. The van der Waals surface area contributed by atoms with E-state index in [0.717, 1.165) is 35.2 Å². The van der Waals surface area contributed by atoms with Crippen LogP contribution in [0.1, 0.15) is 73.6 Å². The molecule has 0 spiro atoms. The molecule has 2 aromatic rings. The summed E-state index contributed by atoms with van der Waals surface area (Å²) in [6, 6.07) is 7.79. The second-order valence-electron chi connectivity index (χ2n) is 7.35. The van der Waals surface area contributed by atoms with E-state index in [2.05, 4.69) is 52.1 Å². The van der Waals surface area contributed by atoms with Crippen molar-refractivity contribution in [2.75, 3.05) is 6.54 Å². The molecule has 1 atom stereocenters. The molecule has 0 radical (unpaired) electrons. The van der Waals surface area contributed by atoms with Crippen LogP contribution in [0.4, 0.5) is 0 Å². The van der Waals surface area contributed by atoms with Gasteiger partial charge in [0.1, 0.15) is 5.01 Å². The summed E-state index contributed by atoms with van der Waals surface area (Å²) in [6.45, 7) is 12.3. The number of thiazole rings is 1. The van der Waals surface area contributed by atoms with Crippen LogP contribution in [0.25, 0.3) is 0 Å². The lowest BCUT2D eigenvalue weighted by Gasteiger charge is -2.12. The fraction of sp³-hybridized carbons (Fsp3) is 0.500. The molecule has 7 heteroatoms. The number of carbonyl (C=O) groups is 1. The van der Waals surface area contributed by atoms with Gasteiger partial charge < -0.3 is 16.0 Å². The molecule has 6 nitrogen and oxygen atoms in total. The average molecular weight is 416 g/mol. The summed E-state index contributed by atoms with van der Waals surface area (Å²) >= 11 is 1.66. The zero-order valence-electron chi connectivity index (χ0n) is 18.1. The highest BCUT2D eigenvalue weighted by Gasteiger charge is 2.09. The molecule has 0 aliphatic heterocycles. The number of benzene rings is 1. The topological polar surface area (TPSA) is 78.4 Å². The van der Waals surface area contributed by atoms with Crippen molar-refractivity contribution in [3.8, 4) is 0 Å². The Labute approximate surface area is 178 Å². The van der Waals surface area contributed by atoms with Crippen LogP contribution in [-0.2, 0) is 13.1 Å². The highest BCUT2D eigenvalue weighted by atomic mass is 32.1. The molecule has 1 aromatic heterocycles. The van der Waals surface area contributed by atoms with Gasteiger partial charge >= 0.3 is 0 Å². The summed E-state index contributed by atoms with van der Waals surface area (Å²) in [4.78, 5) is 21.6. The van der Waals surface area contributed by atoms with Gasteiger partial charge in [0.25, 0.3) is 5.91 Å². The minimum atomic E-state index is -0.0417. The summed E-state index contributed by atoms with van der Waals surface area (Å²) in [6.07, 6.45) is 0.908. The molecular formula is C22H33N5OS. The van der Waals surface area contributed by atoms with Crippen molar-refractivity contribution in [2.24, 2.45) is 4.99 Å². The minimum Gasteiger partial charge on any atom is -0.357 e. The number of aromatic nitrogens is 1. The molecule has 1 amide bonds. The summed E-state index contributed by atoms with van der Waals surface area (Å²) < 4.78 is 0. The van der Waals surface area contributed by atoms with Crippen molar-refractivity contribution in [3.05, 3.63) is 51.5 Å². The lowest BCUT2D eigenvalue weighted by Crippen LogP contribution is -2.36. The number of nitrogens with one attached hydrogen (secondary N) is 3. The lowest BCUT2D eigenvalue weighted by atomic mass is 10.1. The van der Waals surface area contributed by atoms with Crippen LogP contribution in [0.15, 0.2) is 34.6 Å². The standard InChI is InChI=1S/C22H33N5OS/c1-6-16(5)26-21(28)18-10-8-9-17(11-18)12-24-22(23-7-2)25-13-20-27-19(14-29-20)15(3)4/h8-11,14-16H,6-7,12-13H2,1-5H3,(H,26,28)(H2,23,24,25). The summed E-state index contributed by atoms with van der Waals surface area (Å²) in [5.41, 5.74) is 2.79. The fourth-order valence-electron chi connectivity index (χ4n) is 2.56. The Morgan fingerprint density at radius 2 is 2.00 bits per heavy atom. The summed E-state index contributed by atoms with van der Waals surface area (Å²) in [7, 11) is 0. The molecule has 0 saturated carbocycles. The third-order valence-corrected chi connectivity index (χ3v) is 5.38. The normalized spacial score (nSPS) is 12.7. The van der Waals surface area contributed by atoms with E-state index in [1.54, 1.807) is 11.3 Å². The number of hydrogen-bond acceptors (Lipinski definition) is 4. The molecule has 29 heavy (non-hydrogen) atoms. The smallest absolute Gasteiger partial charge is 0.251 e. The van der Waals surface area contributed by atoms with E-state index in [9.17, 15) is 4.79 Å². The zero-order chi connectivity index (χ0) is 21.2. The van der Waals surface area contributed by atoms with E-state index in [4.69, 9.17) is 0 Å². The van der Waals surface area contributed by atoms with Gasteiger partial charge in [-0.1, -0.05) is 32.9 Å². The Hall–Kier alpha value is -2.41. The van der Waals surface area contributed by atoms with E-state index in [1.165, 1.54) is 0 Å². The highest BCUT2D eigenvalue weighted by molar-refractivity contribution is 7.09. The molecule has 0 aliphatic carbocycles. The molecule has 0 aliphatic rings. The van der Waals surface area contributed by atoms with Crippen LogP contribution < -0.4 is 16.0 Å². The van der Waals surface area contributed by atoms with Crippen molar-refractivity contribution >= 4 is 23.2 Å². The van der Waals surface area contributed by atoms with E-state index >= 15 is 0 Å². The molecular weight excluding hydrogens is 382 g/mol. The highest BCUT2D eigenvalue weighted by Crippen LogP contribution is 2.17. The Kier molecular flexibility index (Phi) is 9.12. The Balaban J connectivity index is 2.00. The molecule has 0 saturated heterocycles. The van der Waals surface area contributed by atoms with Crippen LogP contribution in [0, 0.1) is 0 Å². The van der Waals surface area contributed by atoms with E-state index in [0.29, 0.717) is 24.6 Å². The first-order valence-corrected chi connectivity index (χ1v) is 11.2. The van der Waals surface area contributed by atoms with E-state index < -0.39 is 0 Å². The van der Waals surface area contributed by atoms with Crippen LogP contribution in [0.3, 0.4) is 0 Å². The van der Waals surface area contributed by atoms with Gasteiger partial charge in [-0.15, -0.1) is 11.3 Å². The SMILES string of the molecule is CCNC(=NCc1cccc(C(=O)NC(C)CC)c1)NCc1nc(C(C)C)cs1. The van der Waals surface area contributed by atoms with Gasteiger partial charge in [0, 0.05) is 23.5 Å². The maximum absolute atomic E-state index is 12.3. The maximum Gasteiger partial charge on any atom is 0.251 e. The average Bonchev–Trinajstić information content (AvgIpc) is 3.19. The van der Waals surface area contributed by atoms with Gasteiger partial charge in [0.15, 0.2) is 5.96 Å². The molecule has 1 aromatic carbocycles. The summed E-state index contributed by atoms with van der Waals surface area (Å²) in [5, 5.41) is 12.8. The number of nitrogens with zero attached hydrogens (tertiary/aromatic N) is 2. The van der Waals surface area contributed by atoms with Gasteiger partial charge in [0.05, 0.1) is 18.8 Å². The van der Waals surface area contributed by atoms with Crippen molar-refractivity contribution in [3.63, 3.8) is 0 Å². The predicted octanol–water partition coefficient (Wildman–Crippen LogP) is 4.05. The Morgan fingerprint density at radius 1 is 1.21 bits per heavy atom. The first-order valence-electron chi connectivity index (χ1n) is 10.3. The van der Waals surface area contributed by atoms with Gasteiger partial charge in [-0.25, -0.2) is 9.98 Å². The molecule has 1 heterocycles. The number of guanidine groups is 1. The first kappa shape index (κ1) is 22.9. The number of aliphatic imine (C=N–C) groups is 1. The monoisotopic (exact) mass is 415 g/mol. The Bertz CT molecular complexity index is 815. The number of amides is 1. The fourth-order valence-corrected chi connectivity index (χ4v) is 3.46. The molecule has 2 rings (SSSR count). The predicted molar refractivity (Wildman–Crippen MR) is 122 cm³/mol. The second kappa shape index (κ2) is 11.6. The van der Waals surface area contributed by atoms with E-state index in [1.807, 2.05) is 38.1 Å². The van der Waals surface area contributed by atoms with Gasteiger partial charge in [-0.2, -0.15) is 0 Å². The van der Waals surface area contributed by atoms with Crippen molar-refractivity contribution in [2.45, 2.75) is 66.1 Å². The van der Waals surface area contributed by atoms with Gasteiger partial charge in [-0.05, 0) is 43.9 Å². The van der Waals surface area contributed by atoms with Gasteiger partial charge in [0.2, 0.25) is 0 Å². The van der Waals surface area contributed by atoms with Crippen LogP contribution in [0.5, 0.6) is 0 Å². The van der Waals surface area contributed by atoms with Crippen LogP contribution >= 0.6 is 11.3 Å². The molecule has 1 unspecified atom stereocenters. The number of rotatable bonds is 9. The van der Waals surface area contributed by atoms with Crippen LogP contribution in [0.2, 0.25) is 0 Å². The third-order valence-electron chi connectivity index (χ3n) is 4.51. The zero-order valence-corrected chi connectivity index (χ0v) is 18.9. The largest absolute Gasteiger partial charge is 0.357 e. The number of hydrogen-bond donors (Lipinski definition) is 3. The molecule has 0 bridgehead atoms. The number of carbonyl (C=O) groups excluding carboxylic acids is 1.